The van der Waals surface area contributed by atoms with Crippen LogP contribution in [0.1, 0.15) is 18.4 Å². The molecule has 4 nitrogen and oxygen atoms in total. The number of carbonyl (C=O) groups is 1. The van der Waals surface area contributed by atoms with E-state index in [0.29, 0.717) is 5.56 Å². The van der Waals surface area contributed by atoms with Crippen LogP contribution in [0.2, 0.25) is 0 Å². The molecule has 0 aliphatic heterocycles. The van der Waals surface area contributed by atoms with E-state index in [9.17, 15) is 13.2 Å². The second-order valence-corrected chi connectivity index (χ2v) is 3.46. The van der Waals surface area contributed by atoms with Crippen molar-refractivity contribution in [1.82, 2.24) is 10.2 Å². The lowest BCUT2D eigenvalue weighted by molar-refractivity contribution is -0.156. The Morgan fingerprint density at radius 1 is 1.16 bits per heavy atom. The Bertz CT molecular complexity index is 521. The lowest BCUT2D eigenvalue weighted by atomic mass is 10.1. The van der Waals surface area contributed by atoms with Gasteiger partial charge < -0.3 is 9.21 Å². The predicted octanol–water partition coefficient (Wildman–Crippen LogP) is 3.13. The summed E-state index contributed by atoms with van der Waals surface area (Å²) in [6, 6.07) is 6.94. The second kappa shape index (κ2) is 6.12. The summed E-state index contributed by atoms with van der Waals surface area (Å²) in [4.78, 5) is 8.00. The number of nitrogens with zero attached hydrogens (tertiary/aromatic N) is 2. The fourth-order valence-corrected chi connectivity index (χ4v) is 1.34. The van der Waals surface area contributed by atoms with Gasteiger partial charge >= 0.3 is 12.1 Å². The molecule has 0 aliphatic rings. The van der Waals surface area contributed by atoms with Crippen molar-refractivity contribution >= 4 is 6.79 Å². The Morgan fingerprint density at radius 3 is 2.16 bits per heavy atom. The standard InChI is InChI=1S/C11H9F3N2O.CH2O/c1-2-7-3-5-8(6-4-7)9-15-16-10(17-9)11(12,13)14;1-2/h3-6H,2H2,1H3;1H2. The summed E-state index contributed by atoms with van der Waals surface area (Å²) < 4.78 is 41.3. The monoisotopic (exact) mass is 272 g/mol. The molecule has 0 N–H and O–H groups in total. The first-order chi connectivity index (χ1) is 9.00. The summed E-state index contributed by atoms with van der Waals surface area (Å²) in [6.07, 6.45) is -3.74. The number of hydrogen-bond donors (Lipinski definition) is 0. The number of aromatic nitrogens is 2. The summed E-state index contributed by atoms with van der Waals surface area (Å²) in [5, 5.41) is 6.34. The van der Waals surface area contributed by atoms with Gasteiger partial charge in [0.1, 0.15) is 6.79 Å². The van der Waals surface area contributed by atoms with Crippen LogP contribution in [0.3, 0.4) is 0 Å². The van der Waals surface area contributed by atoms with Crippen molar-refractivity contribution in [3.63, 3.8) is 0 Å². The second-order valence-electron chi connectivity index (χ2n) is 3.46. The average molecular weight is 272 g/mol. The van der Waals surface area contributed by atoms with Gasteiger partial charge in [-0.2, -0.15) is 13.2 Å². The maximum atomic E-state index is 12.2. The van der Waals surface area contributed by atoms with Crippen LogP contribution in [0.5, 0.6) is 0 Å². The van der Waals surface area contributed by atoms with Crippen molar-refractivity contribution in [2.45, 2.75) is 19.5 Å². The number of carbonyl (C=O) groups excluding carboxylic acids is 1. The topological polar surface area (TPSA) is 56.0 Å². The van der Waals surface area contributed by atoms with Crippen LogP contribution < -0.4 is 0 Å². The van der Waals surface area contributed by atoms with Crippen molar-refractivity contribution in [2.24, 2.45) is 0 Å². The smallest absolute Gasteiger partial charge is 0.413 e. The van der Waals surface area contributed by atoms with E-state index in [1.54, 1.807) is 12.1 Å². The van der Waals surface area contributed by atoms with Gasteiger partial charge in [0.05, 0.1) is 0 Å². The molecule has 0 unspecified atom stereocenters. The minimum Gasteiger partial charge on any atom is -0.413 e. The van der Waals surface area contributed by atoms with E-state index in [2.05, 4.69) is 14.6 Å². The van der Waals surface area contributed by atoms with E-state index >= 15 is 0 Å². The van der Waals surface area contributed by atoms with E-state index in [1.807, 2.05) is 25.8 Å². The highest BCUT2D eigenvalue weighted by Gasteiger charge is 2.38. The molecule has 0 aliphatic carbocycles. The molecule has 0 radical (unpaired) electrons. The van der Waals surface area contributed by atoms with Crippen LogP contribution >= 0.6 is 0 Å². The first-order valence-electron chi connectivity index (χ1n) is 5.29. The lowest BCUT2D eigenvalue weighted by Crippen LogP contribution is -2.04. The molecule has 7 heteroatoms. The third-order valence-electron chi connectivity index (χ3n) is 2.28. The number of alkyl halides is 3. The molecule has 1 heterocycles. The molecule has 0 atom stereocenters. The molecule has 19 heavy (non-hydrogen) atoms. The van der Waals surface area contributed by atoms with E-state index in [4.69, 9.17) is 4.79 Å². The number of aryl methyl sites for hydroxylation is 1. The van der Waals surface area contributed by atoms with E-state index < -0.39 is 12.1 Å². The number of rotatable bonds is 2. The normalized spacial score (nSPS) is 10.7. The zero-order valence-corrected chi connectivity index (χ0v) is 10.1. The van der Waals surface area contributed by atoms with Gasteiger partial charge in [-0.1, -0.05) is 19.1 Å². The van der Waals surface area contributed by atoms with Gasteiger partial charge in [-0.3, -0.25) is 0 Å². The predicted molar refractivity (Wildman–Crippen MR) is 61.2 cm³/mol. The maximum absolute atomic E-state index is 12.2. The summed E-state index contributed by atoms with van der Waals surface area (Å²) in [5.74, 6) is -1.45. The van der Waals surface area contributed by atoms with Crippen LogP contribution in [0.4, 0.5) is 13.2 Å². The Balaban J connectivity index is 0.000000861. The van der Waals surface area contributed by atoms with Gasteiger partial charge in [-0.05, 0) is 24.1 Å². The molecule has 0 spiro atoms. The quantitative estimate of drug-likeness (QED) is 0.842. The summed E-state index contributed by atoms with van der Waals surface area (Å²) in [6.45, 7) is 3.99. The molecule has 102 valence electrons. The van der Waals surface area contributed by atoms with Gasteiger partial charge in [0, 0.05) is 5.56 Å². The highest BCUT2D eigenvalue weighted by molar-refractivity contribution is 5.52. The average Bonchev–Trinajstić information content (AvgIpc) is 2.91. The highest BCUT2D eigenvalue weighted by Crippen LogP contribution is 2.30. The van der Waals surface area contributed by atoms with Gasteiger partial charge in [-0.25, -0.2) is 0 Å². The minimum absolute atomic E-state index is 0.125. The van der Waals surface area contributed by atoms with Crippen LogP contribution in [-0.4, -0.2) is 17.0 Å². The first kappa shape index (κ1) is 14.9. The van der Waals surface area contributed by atoms with Gasteiger partial charge in [0.15, 0.2) is 0 Å². The fourth-order valence-electron chi connectivity index (χ4n) is 1.34. The Kier molecular flexibility index (Phi) is 4.80. The summed E-state index contributed by atoms with van der Waals surface area (Å²) in [5.41, 5.74) is 1.56. The highest BCUT2D eigenvalue weighted by atomic mass is 19.4. The van der Waals surface area contributed by atoms with Crippen LogP contribution in [0.15, 0.2) is 28.7 Å². The van der Waals surface area contributed by atoms with E-state index in [1.165, 1.54) is 0 Å². The summed E-state index contributed by atoms with van der Waals surface area (Å²) in [7, 11) is 0. The number of halogens is 3. The molecule has 2 rings (SSSR count). The van der Waals surface area contributed by atoms with Crippen molar-refractivity contribution in [3.8, 4) is 11.5 Å². The fraction of sp³-hybridized carbons (Fsp3) is 0.250. The molecule has 1 aromatic heterocycles. The Morgan fingerprint density at radius 2 is 1.74 bits per heavy atom. The molecule has 0 amide bonds. The van der Waals surface area contributed by atoms with Crippen LogP contribution in [-0.2, 0) is 17.4 Å². The molecule has 0 bridgehead atoms. The van der Waals surface area contributed by atoms with Gasteiger partial charge in [0.2, 0.25) is 5.89 Å². The largest absolute Gasteiger partial charge is 0.470 e. The molecular weight excluding hydrogens is 261 g/mol. The van der Waals surface area contributed by atoms with E-state index in [-0.39, 0.29) is 5.89 Å². The van der Waals surface area contributed by atoms with Crippen molar-refractivity contribution in [1.29, 1.82) is 0 Å². The minimum atomic E-state index is -4.60. The van der Waals surface area contributed by atoms with Gasteiger partial charge in [0.25, 0.3) is 0 Å². The molecule has 1 aromatic carbocycles. The Hall–Kier alpha value is -2.18. The Labute approximate surface area is 107 Å². The zero-order valence-electron chi connectivity index (χ0n) is 10.1. The molecule has 0 fully saturated rings. The third-order valence-corrected chi connectivity index (χ3v) is 2.28. The van der Waals surface area contributed by atoms with E-state index in [0.717, 1.165) is 12.0 Å². The van der Waals surface area contributed by atoms with Crippen LogP contribution in [0.25, 0.3) is 11.5 Å². The summed E-state index contributed by atoms with van der Waals surface area (Å²) >= 11 is 0. The SMILES string of the molecule is C=O.CCc1ccc(-c2nnc(C(F)(F)F)o2)cc1. The molecular formula is C12H11F3N2O2. The molecule has 0 saturated heterocycles. The lowest BCUT2D eigenvalue weighted by Gasteiger charge is -1.99. The first-order valence-corrected chi connectivity index (χ1v) is 5.29. The number of benzene rings is 1. The third kappa shape index (κ3) is 3.64. The van der Waals surface area contributed by atoms with Gasteiger partial charge in [-0.15, -0.1) is 10.2 Å². The molecule has 2 aromatic rings. The molecule has 0 saturated carbocycles. The van der Waals surface area contributed by atoms with Crippen LogP contribution in [0, 0.1) is 0 Å². The van der Waals surface area contributed by atoms with Crippen molar-refractivity contribution < 1.29 is 22.4 Å². The van der Waals surface area contributed by atoms with Crippen molar-refractivity contribution in [3.05, 3.63) is 35.7 Å². The zero-order chi connectivity index (χ0) is 14.5. The number of hydrogen-bond acceptors (Lipinski definition) is 4. The maximum Gasteiger partial charge on any atom is 0.470 e. The van der Waals surface area contributed by atoms with Crippen molar-refractivity contribution in [2.75, 3.05) is 0 Å².